The molecule has 4 aromatic rings. The van der Waals surface area contributed by atoms with Crippen LogP contribution in [0.2, 0.25) is 0 Å². The minimum absolute atomic E-state index is 0.0469. The van der Waals surface area contributed by atoms with Gasteiger partial charge in [0.1, 0.15) is 0 Å². The van der Waals surface area contributed by atoms with E-state index < -0.39 is 10.0 Å². The lowest BCUT2D eigenvalue weighted by atomic mass is 10.1. The highest BCUT2D eigenvalue weighted by molar-refractivity contribution is 9.09. The molecule has 4 heterocycles. The smallest absolute Gasteiger partial charge is 0.267 e. The quantitative estimate of drug-likeness (QED) is 0.266. The number of ether oxygens (including phenoxy) is 4. The Hall–Kier alpha value is -3.20. The third-order valence-electron chi connectivity index (χ3n) is 5.50. The van der Waals surface area contributed by atoms with E-state index in [2.05, 4.69) is 26.0 Å². The molecule has 0 amide bonds. The first-order chi connectivity index (χ1) is 18.3. The number of carbonyl (C=O) groups is 1. The number of primary sulfonamides is 1. The van der Waals surface area contributed by atoms with Crippen LogP contribution >= 0.6 is 27.3 Å². The Morgan fingerprint density at radius 3 is 2.16 bits per heavy atom. The average Bonchev–Trinajstić information content (AvgIpc) is 3.29. The van der Waals surface area contributed by atoms with Crippen molar-refractivity contribution in [2.75, 3.05) is 31.8 Å². The van der Waals surface area contributed by atoms with Gasteiger partial charge in [-0.05, 0) is 36.4 Å². The second-order valence-corrected chi connectivity index (χ2v) is 11.5. The van der Waals surface area contributed by atoms with E-state index in [4.69, 9.17) is 24.1 Å². The van der Waals surface area contributed by atoms with Gasteiger partial charge in [-0.3, -0.25) is 4.79 Å². The number of carbonyl (C=O) groups excluding carboxylic acids is 1. The zero-order valence-electron chi connectivity index (χ0n) is 20.0. The number of alkyl halides is 1. The van der Waals surface area contributed by atoms with Crippen LogP contribution < -0.4 is 24.1 Å². The molecule has 2 aromatic heterocycles. The molecule has 14 heteroatoms. The molecular weight excluding hydrogens is 600 g/mol. The molecule has 38 heavy (non-hydrogen) atoms. The third-order valence-corrected chi connectivity index (χ3v) is 8.24. The lowest BCUT2D eigenvalue weighted by Crippen LogP contribution is -2.12. The minimum Gasteiger partial charge on any atom is -0.490 e. The lowest BCUT2D eigenvalue weighted by molar-refractivity contribution is 0.102. The Kier molecular flexibility index (Phi) is 7.83. The van der Waals surface area contributed by atoms with Crippen molar-refractivity contribution < 1.29 is 32.2 Å². The molecule has 0 saturated heterocycles. The molecule has 2 aromatic carbocycles. The first-order valence-electron chi connectivity index (χ1n) is 11.6. The molecule has 0 saturated carbocycles. The van der Waals surface area contributed by atoms with Crippen LogP contribution in [0, 0.1) is 0 Å². The van der Waals surface area contributed by atoms with Crippen LogP contribution in [0.4, 0.5) is 0 Å². The molecule has 2 N–H and O–H groups in total. The number of imidazole rings is 1. The summed E-state index contributed by atoms with van der Waals surface area (Å²) in [5.41, 5.74) is 2.15. The van der Waals surface area contributed by atoms with Crippen molar-refractivity contribution in [2.24, 2.45) is 5.14 Å². The number of hydrogen-bond acceptors (Lipinski definition) is 10. The number of sulfonamides is 1. The average molecular weight is 624 g/mol. The Morgan fingerprint density at radius 1 is 0.947 bits per heavy atom. The maximum atomic E-state index is 11.4. The number of halogens is 1. The van der Waals surface area contributed by atoms with E-state index in [1.54, 1.807) is 24.4 Å². The van der Waals surface area contributed by atoms with Crippen LogP contribution in [0.1, 0.15) is 23.2 Å². The van der Waals surface area contributed by atoms with Gasteiger partial charge in [0.2, 0.25) is 9.30 Å². The van der Waals surface area contributed by atoms with Crippen LogP contribution in [0.25, 0.3) is 16.2 Å². The van der Waals surface area contributed by atoms with Crippen LogP contribution in [0.5, 0.6) is 23.0 Å². The molecule has 0 bridgehead atoms. The van der Waals surface area contributed by atoms with Crippen molar-refractivity contribution in [1.82, 2.24) is 14.6 Å². The number of benzene rings is 2. The van der Waals surface area contributed by atoms with Gasteiger partial charge in [0, 0.05) is 24.0 Å². The summed E-state index contributed by atoms with van der Waals surface area (Å²) in [4.78, 5) is 16.3. The SMILES string of the molecule is NS(=O)(=O)c1nn2cc(-c3ccc4c(c3)OCCCO4)nc2s1.O=C(CBr)c1ccc2c(c1)OCCCO2. The van der Waals surface area contributed by atoms with Gasteiger partial charge >= 0.3 is 0 Å². The molecule has 0 fully saturated rings. The van der Waals surface area contributed by atoms with E-state index in [0.717, 1.165) is 35.5 Å². The molecule has 200 valence electrons. The van der Waals surface area contributed by atoms with E-state index in [1.807, 2.05) is 18.2 Å². The van der Waals surface area contributed by atoms with Gasteiger partial charge in [0.15, 0.2) is 28.8 Å². The molecule has 2 aliphatic rings. The van der Waals surface area contributed by atoms with Gasteiger partial charge in [-0.25, -0.2) is 23.1 Å². The number of fused-ring (bicyclic) bond motifs is 3. The lowest BCUT2D eigenvalue weighted by Gasteiger charge is -2.07. The first-order valence-corrected chi connectivity index (χ1v) is 15.1. The second kappa shape index (κ2) is 11.3. The van der Waals surface area contributed by atoms with Crippen LogP contribution in [-0.2, 0) is 10.0 Å². The number of rotatable bonds is 4. The maximum Gasteiger partial charge on any atom is 0.267 e. The summed E-state index contributed by atoms with van der Waals surface area (Å²) in [6, 6.07) is 10.9. The van der Waals surface area contributed by atoms with Crippen LogP contribution in [-0.4, -0.2) is 60.6 Å². The van der Waals surface area contributed by atoms with E-state index in [1.165, 1.54) is 4.52 Å². The zero-order valence-corrected chi connectivity index (χ0v) is 23.2. The van der Waals surface area contributed by atoms with Crippen molar-refractivity contribution in [3.63, 3.8) is 0 Å². The predicted octanol–water partition coefficient (Wildman–Crippen LogP) is 3.69. The molecule has 6 rings (SSSR count). The predicted molar refractivity (Wildman–Crippen MR) is 143 cm³/mol. The summed E-state index contributed by atoms with van der Waals surface area (Å²) in [5.74, 6) is 2.82. The summed E-state index contributed by atoms with van der Waals surface area (Å²) in [7, 11) is -3.82. The van der Waals surface area contributed by atoms with Gasteiger partial charge in [0.25, 0.3) is 10.0 Å². The van der Waals surface area contributed by atoms with Crippen molar-refractivity contribution in [1.29, 1.82) is 0 Å². The molecular formula is C24H23BrN4O7S2. The number of aromatic nitrogens is 3. The van der Waals surface area contributed by atoms with Crippen molar-refractivity contribution in [3.05, 3.63) is 48.2 Å². The minimum atomic E-state index is -3.82. The summed E-state index contributed by atoms with van der Waals surface area (Å²) < 4.78 is 46.1. The zero-order chi connectivity index (χ0) is 26.7. The Balaban J connectivity index is 0.000000170. The standard InChI is InChI=1S/C13H12N4O4S2.C11H11BrO3/c14-23(18,19)13-16-17-7-9(15-12(17)22-13)8-2-3-10-11(6-8)21-5-1-4-20-10;12-7-9(13)8-2-3-10-11(6-8)15-5-1-4-14-10/h2-3,6-7H,1,4-5H2,(H2,14,18,19);2-3,6H,1,4-5,7H2. The normalized spacial score (nSPS) is 14.7. The third kappa shape index (κ3) is 5.93. The van der Waals surface area contributed by atoms with Gasteiger partial charge < -0.3 is 18.9 Å². The van der Waals surface area contributed by atoms with Crippen molar-refractivity contribution in [3.8, 4) is 34.3 Å². The summed E-state index contributed by atoms with van der Waals surface area (Å²) in [6.45, 7) is 2.54. The summed E-state index contributed by atoms with van der Waals surface area (Å²) in [5, 5.41) is 9.33. The summed E-state index contributed by atoms with van der Waals surface area (Å²) >= 11 is 4.07. The highest BCUT2D eigenvalue weighted by Crippen LogP contribution is 2.34. The highest BCUT2D eigenvalue weighted by atomic mass is 79.9. The Labute approximate surface area is 230 Å². The fourth-order valence-electron chi connectivity index (χ4n) is 3.67. The summed E-state index contributed by atoms with van der Waals surface area (Å²) in [6.07, 6.45) is 3.36. The number of ketones is 1. The van der Waals surface area contributed by atoms with Crippen molar-refractivity contribution in [2.45, 2.75) is 17.2 Å². The van der Waals surface area contributed by atoms with Gasteiger partial charge in [-0.15, -0.1) is 5.10 Å². The molecule has 0 unspecified atom stereocenters. The largest absolute Gasteiger partial charge is 0.490 e. The van der Waals surface area contributed by atoms with E-state index in [-0.39, 0.29) is 10.1 Å². The monoisotopic (exact) mass is 622 g/mol. The highest BCUT2D eigenvalue weighted by Gasteiger charge is 2.18. The van der Waals surface area contributed by atoms with Crippen LogP contribution in [0.15, 0.2) is 46.9 Å². The van der Waals surface area contributed by atoms with Crippen LogP contribution in [0.3, 0.4) is 0 Å². The Morgan fingerprint density at radius 2 is 1.55 bits per heavy atom. The fraction of sp³-hybridized carbons (Fsp3) is 0.292. The van der Waals surface area contributed by atoms with Gasteiger partial charge in [-0.2, -0.15) is 0 Å². The van der Waals surface area contributed by atoms with E-state index in [9.17, 15) is 13.2 Å². The number of nitrogens with zero attached hydrogens (tertiary/aromatic N) is 3. The molecule has 0 aliphatic carbocycles. The number of nitrogens with two attached hydrogens (primary N) is 1. The molecule has 0 spiro atoms. The molecule has 11 nitrogen and oxygen atoms in total. The molecule has 0 radical (unpaired) electrons. The number of Topliss-reactive ketones (excluding diaryl/α,β-unsaturated/α-hetero) is 1. The second-order valence-electron chi connectivity index (χ2n) is 8.25. The fourth-order valence-corrected chi connectivity index (χ4v) is 5.50. The Bertz CT molecular complexity index is 1550. The molecule has 0 atom stereocenters. The van der Waals surface area contributed by atoms with Gasteiger partial charge in [-0.1, -0.05) is 27.3 Å². The van der Waals surface area contributed by atoms with E-state index >= 15 is 0 Å². The van der Waals surface area contributed by atoms with Gasteiger partial charge in [0.05, 0.1) is 43.6 Å². The topological polar surface area (TPSA) is 144 Å². The first kappa shape index (κ1) is 26.4. The molecule has 2 aliphatic heterocycles. The maximum absolute atomic E-state index is 11.4. The van der Waals surface area contributed by atoms with E-state index in [0.29, 0.717) is 65.2 Å². The van der Waals surface area contributed by atoms with Crippen molar-refractivity contribution >= 4 is 48.0 Å². The number of hydrogen-bond donors (Lipinski definition) is 1.